The molecule has 5 heteroatoms. The maximum Gasteiger partial charge on any atom is 0.247 e. The van der Waals surface area contributed by atoms with Gasteiger partial charge in [-0.2, -0.15) is 0 Å². The number of phenolic OH excluding ortho intramolecular Hbond substituents is 1. The molecule has 0 radical (unpaired) electrons. The Morgan fingerprint density at radius 3 is 2.68 bits per heavy atom. The maximum atomic E-state index is 11.4. The molecule has 1 aliphatic heterocycles. The summed E-state index contributed by atoms with van der Waals surface area (Å²) >= 11 is 0. The van der Waals surface area contributed by atoms with Gasteiger partial charge < -0.3 is 15.6 Å². The number of fused-ring (bicyclic) bond motifs is 1. The molecule has 1 amide bonds. The first-order valence-electron chi connectivity index (χ1n) is 8.03. The van der Waals surface area contributed by atoms with Gasteiger partial charge in [-0.3, -0.25) is 9.69 Å². The molecule has 5 nitrogen and oxygen atoms in total. The fraction of sp³-hybridized carbons (Fsp3) is 0.588. The minimum Gasteiger partial charge on any atom is -0.508 e. The lowest BCUT2D eigenvalue weighted by Crippen LogP contribution is -2.51. The molecule has 3 N–H and O–H groups in total. The Labute approximate surface area is 131 Å². The smallest absolute Gasteiger partial charge is 0.247 e. The van der Waals surface area contributed by atoms with Crippen LogP contribution in [0.3, 0.4) is 0 Å². The number of carbonyl (C=O) groups is 1. The number of hydrogen-bond acceptors (Lipinski definition) is 4. The molecule has 1 aliphatic carbocycles. The summed E-state index contributed by atoms with van der Waals surface area (Å²) in [5.41, 5.74) is 8.92. The molecule has 2 atom stereocenters. The van der Waals surface area contributed by atoms with Crippen molar-refractivity contribution < 1.29 is 14.6 Å². The normalized spacial score (nSPS) is 25.7. The number of phenols is 1. The van der Waals surface area contributed by atoms with E-state index in [0.717, 1.165) is 24.9 Å². The highest BCUT2D eigenvalue weighted by molar-refractivity contribution is 5.79. The van der Waals surface area contributed by atoms with E-state index >= 15 is 0 Å². The Morgan fingerprint density at radius 2 is 2.00 bits per heavy atom. The molecular weight excluding hydrogens is 280 g/mol. The van der Waals surface area contributed by atoms with E-state index in [-0.39, 0.29) is 6.10 Å². The highest BCUT2D eigenvalue weighted by Gasteiger charge is 2.29. The van der Waals surface area contributed by atoms with Gasteiger partial charge in [0.2, 0.25) is 5.91 Å². The standard InChI is InChI=1S/C17H24N2O3/c1-11-8-19(10-16(22-11)17(18)21)9-14-6-12-4-2-3-5-13(12)7-15(14)20/h6-7,11,16,20H,2-5,8-10H2,1H3,(H2,18,21)/t11-,16+/m1/s1. The number of morpholine rings is 1. The molecule has 2 aliphatic rings. The first kappa shape index (κ1) is 15.3. The first-order valence-corrected chi connectivity index (χ1v) is 8.03. The molecule has 0 spiro atoms. The van der Waals surface area contributed by atoms with Gasteiger partial charge in [0.25, 0.3) is 0 Å². The average Bonchev–Trinajstić information content (AvgIpc) is 2.47. The third kappa shape index (κ3) is 3.25. The predicted octanol–water partition coefficient (Wildman–Crippen LogP) is 1.35. The second kappa shape index (κ2) is 6.26. The van der Waals surface area contributed by atoms with Crippen LogP contribution in [0.4, 0.5) is 0 Å². The van der Waals surface area contributed by atoms with Crippen molar-refractivity contribution in [1.82, 2.24) is 4.90 Å². The number of aromatic hydroxyl groups is 1. The van der Waals surface area contributed by atoms with E-state index in [1.165, 1.54) is 24.0 Å². The van der Waals surface area contributed by atoms with Gasteiger partial charge in [0.1, 0.15) is 11.9 Å². The molecule has 0 bridgehead atoms. The number of rotatable bonds is 3. The molecule has 0 saturated carbocycles. The van der Waals surface area contributed by atoms with Gasteiger partial charge in [0, 0.05) is 25.2 Å². The Bertz CT molecular complexity index is 573. The Morgan fingerprint density at radius 1 is 1.32 bits per heavy atom. The van der Waals surface area contributed by atoms with Crippen molar-refractivity contribution in [2.24, 2.45) is 5.73 Å². The van der Waals surface area contributed by atoms with Crippen molar-refractivity contribution in [1.29, 1.82) is 0 Å². The Kier molecular flexibility index (Phi) is 4.36. The van der Waals surface area contributed by atoms with Gasteiger partial charge in [-0.15, -0.1) is 0 Å². The van der Waals surface area contributed by atoms with E-state index in [0.29, 0.717) is 18.8 Å². The van der Waals surface area contributed by atoms with Crippen LogP contribution in [0.5, 0.6) is 5.75 Å². The zero-order chi connectivity index (χ0) is 15.7. The van der Waals surface area contributed by atoms with Crippen LogP contribution < -0.4 is 5.73 Å². The Balaban J connectivity index is 1.76. The molecule has 1 heterocycles. The van der Waals surface area contributed by atoms with E-state index in [9.17, 15) is 9.90 Å². The van der Waals surface area contributed by atoms with Crippen molar-refractivity contribution in [3.8, 4) is 5.75 Å². The zero-order valence-corrected chi connectivity index (χ0v) is 13.0. The van der Waals surface area contributed by atoms with Crippen LogP contribution in [-0.2, 0) is 28.9 Å². The van der Waals surface area contributed by atoms with Crippen LogP contribution >= 0.6 is 0 Å². The summed E-state index contributed by atoms with van der Waals surface area (Å²) in [5.74, 6) is -0.0679. The maximum absolute atomic E-state index is 11.4. The van der Waals surface area contributed by atoms with E-state index in [4.69, 9.17) is 10.5 Å². The zero-order valence-electron chi connectivity index (χ0n) is 13.0. The van der Waals surface area contributed by atoms with Crippen molar-refractivity contribution >= 4 is 5.91 Å². The topological polar surface area (TPSA) is 75.8 Å². The highest BCUT2D eigenvalue weighted by Crippen LogP contribution is 2.29. The summed E-state index contributed by atoms with van der Waals surface area (Å²) < 4.78 is 5.56. The van der Waals surface area contributed by atoms with Crippen molar-refractivity contribution in [2.75, 3.05) is 13.1 Å². The summed E-state index contributed by atoms with van der Waals surface area (Å²) in [6, 6.07) is 4.04. The second-order valence-corrected chi connectivity index (χ2v) is 6.49. The summed E-state index contributed by atoms with van der Waals surface area (Å²) in [6.45, 7) is 3.78. The van der Waals surface area contributed by atoms with Crippen molar-refractivity contribution in [3.05, 3.63) is 28.8 Å². The van der Waals surface area contributed by atoms with Crippen LogP contribution in [-0.4, -0.2) is 41.2 Å². The van der Waals surface area contributed by atoms with Gasteiger partial charge in [-0.05, 0) is 49.8 Å². The van der Waals surface area contributed by atoms with Crippen LogP contribution in [0.15, 0.2) is 12.1 Å². The molecule has 1 aromatic rings. The quantitative estimate of drug-likeness (QED) is 0.884. The number of aryl methyl sites for hydroxylation is 2. The Hall–Kier alpha value is -1.59. The molecular formula is C17H24N2O3. The van der Waals surface area contributed by atoms with Crippen LogP contribution in [0.1, 0.15) is 36.5 Å². The summed E-state index contributed by atoms with van der Waals surface area (Å²) in [5, 5.41) is 10.3. The first-order chi connectivity index (χ1) is 10.5. The molecule has 0 unspecified atom stereocenters. The van der Waals surface area contributed by atoms with E-state index < -0.39 is 12.0 Å². The van der Waals surface area contributed by atoms with E-state index in [2.05, 4.69) is 11.0 Å². The number of nitrogens with zero attached hydrogens (tertiary/aromatic N) is 1. The predicted molar refractivity (Wildman–Crippen MR) is 83.6 cm³/mol. The SMILES string of the molecule is C[C@@H]1CN(Cc2cc3c(cc2O)CCCC3)C[C@@H](C(N)=O)O1. The average molecular weight is 304 g/mol. The summed E-state index contributed by atoms with van der Waals surface area (Å²) in [4.78, 5) is 13.5. The number of primary amides is 1. The molecule has 120 valence electrons. The molecule has 1 saturated heterocycles. The number of nitrogens with two attached hydrogens (primary N) is 1. The van der Waals surface area contributed by atoms with Gasteiger partial charge in [0.05, 0.1) is 6.10 Å². The van der Waals surface area contributed by atoms with Crippen molar-refractivity contribution in [2.45, 2.75) is 51.4 Å². The fourth-order valence-corrected chi connectivity index (χ4v) is 3.52. The van der Waals surface area contributed by atoms with Gasteiger partial charge in [0.15, 0.2) is 0 Å². The van der Waals surface area contributed by atoms with Crippen LogP contribution in [0, 0.1) is 0 Å². The molecule has 3 rings (SSSR count). The number of benzene rings is 1. The van der Waals surface area contributed by atoms with Gasteiger partial charge in [-0.25, -0.2) is 0 Å². The summed E-state index contributed by atoms with van der Waals surface area (Å²) in [7, 11) is 0. The molecule has 1 aromatic carbocycles. The van der Waals surface area contributed by atoms with E-state index in [1.807, 2.05) is 13.0 Å². The lowest BCUT2D eigenvalue weighted by Gasteiger charge is -2.35. The second-order valence-electron chi connectivity index (χ2n) is 6.49. The minimum absolute atomic E-state index is 0.0361. The largest absolute Gasteiger partial charge is 0.508 e. The minimum atomic E-state index is -0.566. The third-order valence-electron chi connectivity index (χ3n) is 4.59. The number of hydrogen-bond donors (Lipinski definition) is 2. The molecule has 22 heavy (non-hydrogen) atoms. The lowest BCUT2D eigenvalue weighted by atomic mass is 9.90. The lowest BCUT2D eigenvalue weighted by molar-refractivity contribution is -0.142. The molecule has 0 aromatic heterocycles. The van der Waals surface area contributed by atoms with Crippen LogP contribution in [0.2, 0.25) is 0 Å². The highest BCUT2D eigenvalue weighted by atomic mass is 16.5. The van der Waals surface area contributed by atoms with Gasteiger partial charge in [-0.1, -0.05) is 6.07 Å². The third-order valence-corrected chi connectivity index (χ3v) is 4.59. The van der Waals surface area contributed by atoms with Crippen molar-refractivity contribution in [3.63, 3.8) is 0 Å². The number of amides is 1. The summed E-state index contributed by atoms with van der Waals surface area (Å²) in [6.07, 6.45) is 3.96. The molecule has 1 fully saturated rings. The van der Waals surface area contributed by atoms with E-state index in [1.54, 1.807) is 0 Å². The fourth-order valence-electron chi connectivity index (χ4n) is 3.52. The van der Waals surface area contributed by atoms with Crippen LogP contribution in [0.25, 0.3) is 0 Å². The monoisotopic (exact) mass is 304 g/mol. The number of carbonyl (C=O) groups excluding carboxylic acids is 1. The number of ether oxygens (including phenoxy) is 1. The van der Waals surface area contributed by atoms with Gasteiger partial charge >= 0.3 is 0 Å².